The normalized spacial score (nSPS) is 14.8. The van der Waals surface area contributed by atoms with Crippen molar-refractivity contribution in [2.45, 2.75) is 25.7 Å². The molecule has 150 valence electrons. The number of hydrogen-bond donors (Lipinski definition) is 1. The molecule has 6 nitrogen and oxygen atoms in total. The maximum absolute atomic E-state index is 12.7. The van der Waals surface area contributed by atoms with Crippen LogP contribution in [0, 0.1) is 0 Å². The van der Waals surface area contributed by atoms with E-state index in [-0.39, 0.29) is 11.5 Å². The molecule has 0 atom stereocenters. The van der Waals surface area contributed by atoms with Crippen LogP contribution in [0.1, 0.15) is 36.0 Å². The van der Waals surface area contributed by atoms with Crippen LogP contribution in [0.15, 0.2) is 59.7 Å². The van der Waals surface area contributed by atoms with Gasteiger partial charge in [-0.05, 0) is 75.3 Å². The number of fused-ring (bicyclic) bond motifs is 1. The molecule has 0 unspecified atom stereocenters. The SMILES string of the molecule is O=C(NCCCN1CCCCC1)c1ccc(-n2cnc3ccccc3c2=O)cc1. The fourth-order valence-corrected chi connectivity index (χ4v) is 3.82. The lowest BCUT2D eigenvalue weighted by molar-refractivity contribution is 0.0951. The Bertz CT molecular complexity index is 1040. The predicted octanol–water partition coefficient (Wildman–Crippen LogP) is 2.99. The van der Waals surface area contributed by atoms with Crippen molar-refractivity contribution in [2.24, 2.45) is 0 Å². The lowest BCUT2D eigenvalue weighted by Gasteiger charge is -2.26. The predicted molar refractivity (Wildman–Crippen MR) is 115 cm³/mol. The molecular formula is C23H26N4O2. The van der Waals surface area contributed by atoms with Crippen LogP contribution in [0.5, 0.6) is 0 Å². The van der Waals surface area contributed by atoms with Crippen molar-refractivity contribution in [1.29, 1.82) is 0 Å². The molecule has 1 amide bonds. The smallest absolute Gasteiger partial charge is 0.265 e. The van der Waals surface area contributed by atoms with Crippen molar-refractivity contribution in [3.05, 3.63) is 70.8 Å². The Morgan fingerprint density at radius 2 is 1.76 bits per heavy atom. The van der Waals surface area contributed by atoms with E-state index in [1.54, 1.807) is 30.3 Å². The number of nitrogens with zero attached hydrogens (tertiary/aromatic N) is 3. The second-order valence-electron chi connectivity index (χ2n) is 7.50. The van der Waals surface area contributed by atoms with Gasteiger partial charge in [-0.3, -0.25) is 14.2 Å². The van der Waals surface area contributed by atoms with Crippen molar-refractivity contribution in [3.8, 4) is 5.69 Å². The number of piperidine rings is 1. The molecule has 29 heavy (non-hydrogen) atoms. The van der Waals surface area contributed by atoms with E-state index < -0.39 is 0 Å². The highest BCUT2D eigenvalue weighted by Gasteiger charge is 2.11. The summed E-state index contributed by atoms with van der Waals surface area (Å²) in [6, 6.07) is 14.3. The van der Waals surface area contributed by atoms with Crippen molar-refractivity contribution < 1.29 is 4.79 Å². The number of hydrogen-bond acceptors (Lipinski definition) is 4. The summed E-state index contributed by atoms with van der Waals surface area (Å²) in [5, 5.41) is 3.56. The van der Waals surface area contributed by atoms with E-state index in [0.29, 0.717) is 28.7 Å². The second kappa shape index (κ2) is 9.01. The van der Waals surface area contributed by atoms with Crippen LogP contribution in [0.25, 0.3) is 16.6 Å². The summed E-state index contributed by atoms with van der Waals surface area (Å²) >= 11 is 0. The number of carbonyl (C=O) groups is 1. The first-order valence-electron chi connectivity index (χ1n) is 10.3. The third-order valence-electron chi connectivity index (χ3n) is 5.46. The van der Waals surface area contributed by atoms with E-state index in [1.807, 2.05) is 18.2 Å². The molecule has 1 aliphatic rings. The fourth-order valence-electron chi connectivity index (χ4n) is 3.82. The highest BCUT2D eigenvalue weighted by molar-refractivity contribution is 5.94. The summed E-state index contributed by atoms with van der Waals surface area (Å²) in [5.41, 5.74) is 1.84. The summed E-state index contributed by atoms with van der Waals surface area (Å²) in [6.45, 7) is 4.07. The van der Waals surface area contributed by atoms with Crippen LogP contribution in [-0.4, -0.2) is 46.5 Å². The topological polar surface area (TPSA) is 67.2 Å². The zero-order valence-electron chi connectivity index (χ0n) is 16.5. The number of rotatable bonds is 6. The number of likely N-dealkylation sites (tertiary alicyclic amines) is 1. The number of benzene rings is 2. The summed E-state index contributed by atoms with van der Waals surface area (Å²) in [4.78, 5) is 31.9. The van der Waals surface area contributed by atoms with Gasteiger partial charge in [0.2, 0.25) is 0 Å². The van der Waals surface area contributed by atoms with Crippen LogP contribution >= 0.6 is 0 Å². The summed E-state index contributed by atoms with van der Waals surface area (Å²) in [7, 11) is 0. The Morgan fingerprint density at radius 1 is 1.00 bits per heavy atom. The number of para-hydroxylation sites is 1. The number of nitrogens with one attached hydrogen (secondary N) is 1. The van der Waals surface area contributed by atoms with Gasteiger partial charge in [0, 0.05) is 12.1 Å². The van der Waals surface area contributed by atoms with Crippen molar-refractivity contribution in [3.63, 3.8) is 0 Å². The zero-order valence-corrected chi connectivity index (χ0v) is 16.5. The molecule has 1 saturated heterocycles. The van der Waals surface area contributed by atoms with E-state index >= 15 is 0 Å². The zero-order chi connectivity index (χ0) is 20.1. The quantitative estimate of drug-likeness (QED) is 0.657. The average Bonchev–Trinajstić information content (AvgIpc) is 2.78. The molecule has 3 aromatic rings. The van der Waals surface area contributed by atoms with Crippen LogP contribution in [0.2, 0.25) is 0 Å². The number of amides is 1. The van der Waals surface area contributed by atoms with Crippen LogP contribution in [0.4, 0.5) is 0 Å². The molecule has 0 bridgehead atoms. The van der Waals surface area contributed by atoms with E-state index in [9.17, 15) is 9.59 Å². The molecule has 2 aromatic carbocycles. The van der Waals surface area contributed by atoms with Gasteiger partial charge < -0.3 is 10.2 Å². The van der Waals surface area contributed by atoms with E-state index in [2.05, 4.69) is 15.2 Å². The third-order valence-corrected chi connectivity index (χ3v) is 5.46. The highest BCUT2D eigenvalue weighted by Crippen LogP contribution is 2.11. The lowest BCUT2D eigenvalue weighted by Crippen LogP contribution is -2.33. The molecule has 6 heteroatoms. The maximum atomic E-state index is 12.7. The molecule has 1 aliphatic heterocycles. The summed E-state index contributed by atoms with van der Waals surface area (Å²) < 4.78 is 1.50. The van der Waals surface area contributed by atoms with Crippen LogP contribution in [0.3, 0.4) is 0 Å². The molecule has 0 spiro atoms. The van der Waals surface area contributed by atoms with Gasteiger partial charge in [-0.2, -0.15) is 0 Å². The Labute approximate surface area is 170 Å². The van der Waals surface area contributed by atoms with Crippen molar-refractivity contribution >= 4 is 16.8 Å². The average molecular weight is 390 g/mol. The minimum Gasteiger partial charge on any atom is -0.352 e. The van der Waals surface area contributed by atoms with Crippen LogP contribution < -0.4 is 10.9 Å². The van der Waals surface area contributed by atoms with Gasteiger partial charge in [-0.15, -0.1) is 0 Å². The van der Waals surface area contributed by atoms with Gasteiger partial charge in [0.1, 0.15) is 6.33 Å². The third kappa shape index (κ3) is 4.54. The molecule has 0 aliphatic carbocycles. The minimum atomic E-state index is -0.120. The summed E-state index contributed by atoms with van der Waals surface area (Å²) in [6.07, 6.45) is 6.40. The Morgan fingerprint density at radius 3 is 2.55 bits per heavy atom. The van der Waals surface area contributed by atoms with Crippen molar-refractivity contribution in [1.82, 2.24) is 19.8 Å². The maximum Gasteiger partial charge on any atom is 0.265 e. The van der Waals surface area contributed by atoms with Gasteiger partial charge in [0.25, 0.3) is 11.5 Å². The lowest BCUT2D eigenvalue weighted by atomic mass is 10.1. The van der Waals surface area contributed by atoms with Crippen LogP contribution in [-0.2, 0) is 0 Å². The van der Waals surface area contributed by atoms with Gasteiger partial charge in [-0.1, -0.05) is 18.6 Å². The Kier molecular flexibility index (Phi) is 6.00. The fraction of sp³-hybridized carbons (Fsp3) is 0.348. The first-order valence-corrected chi connectivity index (χ1v) is 10.3. The van der Waals surface area contributed by atoms with Gasteiger partial charge in [0.15, 0.2) is 0 Å². The number of carbonyl (C=O) groups excluding carboxylic acids is 1. The molecule has 1 fully saturated rings. The monoisotopic (exact) mass is 390 g/mol. The molecule has 1 aromatic heterocycles. The summed E-state index contributed by atoms with van der Waals surface area (Å²) in [5.74, 6) is -0.0841. The highest BCUT2D eigenvalue weighted by atomic mass is 16.1. The first kappa shape index (κ1) is 19.3. The molecule has 4 rings (SSSR count). The van der Waals surface area contributed by atoms with E-state index in [1.165, 1.54) is 43.2 Å². The van der Waals surface area contributed by atoms with E-state index in [4.69, 9.17) is 0 Å². The molecule has 0 radical (unpaired) electrons. The van der Waals surface area contributed by atoms with E-state index in [0.717, 1.165) is 13.0 Å². The van der Waals surface area contributed by atoms with Gasteiger partial charge in [0.05, 0.1) is 16.6 Å². The second-order valence-corrected chi connectivity index (χ2v) is 7.50. The first-order chi connectivity index (χ1) is 14.2. The van der Waals surface area contributed by atoms with Gasteiger partial charge in [-0.25, -0.2) is 4.98 Å². The molecular weight excluding hydrogens is 364 g/mol. The Hall–Kier alpha value is -2.99. The van der Waals surface area contributed by atoms with Gasteiger partial charge >= 0.3 is 0 Å². The largest absolute Gasteiger partial charge is 0.352 e. The molecule has 0 saturated carbocycles. The Balaban J connectivity index is 1.37. The standard InChI is InChI=1S/C23H26N4O2/c28-22(24-13-6-16-26-14-4-1-5-15-26)18-9-11-19(12-10-18)27-17-25-21-8-3-2-7-20(21)23(27)29/h2-3,7-12,17H,1,4-6,13-16H2,(H,24,28). The number of aromatic nitrogens is 2. The molecule has 1 N–H and O–H groups in total. The molecule has 2 heterocycles. The minimum absolute atomic E-state index is 0.0841. The van der Waals surface area contributed by atoms with Crippen molar-refractivity contribution in [2.75, 3.05) is 26.2 Å².